The number of ketones is 1. The number of methoxy groups -OCH3 is 1. The molecule has 3 aliphatic carbocycles. The molecule has 45 heavy (non-hydrogen) atoms. The lowest BCUT2D eigenvalue weighted by molar-refractivity contribution is -0.290. The van der Waals surface area contributed by atoms with Crippen LogP contribution in [0.2, 0.25) is 0 Å². The minimum Gasteiger partial charge on any atom is -0.467 e. The van der Waals surface area contributed by atoms with Gasteiger partial charge in [0.2, 0.25) is 17.6 Å². The third-order valence-corrected chi connectivity index (χ3v) is 10.4. The monoisotopic (exact) mass is 634 g/mol. The van der Waals surface area contributed by atoms with Gasteiger partial charge in [0.25, 0.3) is 0 Å². The summed E-state index contributed by atoms with van der Waals surface area (Å²) in [5.74, 6) is -8.80. The fourth-order valence-electron chi connectivity index (χ4n) is 8.85. The Morgan fingerprint density at radius 2 is 1.82 bits per heavy atom. The van der Waals surface area contributed by atoms with Crippen molar-refractivity contribution >= 4 is 35.6 Å². The number of hydrogen-bond donors (Lipinski definition) is 4. The molecule has 1 unspecified atom stereocenters. The Bertz CT molecular complexity index is 1430. The van der Waals surface area contributed by atoms with Gasteiger partial charge in [-0.2, -0.15) is 0 Å². The van der Waals surface area contributed by atoms with Crippen LogP contribution < -0.4 is 11.5 Å². The fraction of sp³-hybridized carbons (Fsp3) is 0.667. The van der Waals surface area contributed by atoms with Crippen molar-refractivity contribution in [3.63, 3.8) is 0 Å². The van der Waals surface area contributed by atoms with Gasteiger partial charge >= 0.3 is 23.9 Å². The van der Waals surface area contributed by atoms with E-state index in [1.165, 1.54) is 0 Å². The average molecular weight is 635 g/mol. The van der Waals surface area contributed by atoms with Gasteiger partial charge in [-0.1, -0.05) is 12.5 Å². The summed E-state index contributed by atoms with van der Waals surface area (Å²) in [6.07, 6.45) is -6.04. The molecule has 1 amide bonds. The highest BCUT2D eigenvalue weighted by molar-refractivity contribution is 5.99. The molecule has 0 aromatic carbocycles. The summed E-state index contributed by atoms with van der Waals surface area (Å²) in [6, 6.07) is -1.41. The van der Waals surface area contributed by atoms with Crippen LogP contribution in [0.15, 0.2) is 23.0 Å². The Balaban J connectivity index is 1.64. The lowest BCUT2D eigenvalue weighted by Crippen LogP contribution is -2.79. The van der Waals surface area contributed by atoms with Gasteiger partial charge in [-0.05, 0) is 44.1 Å². The van der Waals surface area contributed by atoms with E-state index in [4.69, 9.17) is 35.2 Å². The highest BCUT2D eigenvalue weighted by atomic mass is 16.6. The molecular formula is C30H38N2O13. The third kappa shape index (κ3) is 4.54. The molecule has 2 aliphatic heterocycles. The SMILES string of the molecule is COC(=O)[C@@]12OC[C@]34C([C@@H](O)[C@@H]1O)[C@@]1(C)CC(=O)C(OC(=O)[C@@H](N)CC(N)=O)=C(C)[C@@H]1C[C@H]3OC(=O)[C@H](OC(=O)C=C(C)C)[C@@H]24. The largest absolute Gasteiger partial charge is 0.467 e. The van der Waals surface area contributed by atoms with E-state index in [9.17, 15) is 39.0 Å². The first-order chi connectivity index (χ1) is 21.0. The Hall–Kier alpha value is -3.66. The van der Waals surface area contributed by atoms with Gasteiger partial charge in [-0.25, -0.2) is 19.2 Å². The minimum atomic E-state index is -2.30. The number of Topliss-reactive ketones (excluding diaryl/α,β-unsaturated/α-hetero) is 1. The molecule has 15 heteroatoms. The Morgan fingerprint density at radius 3 is 2.42 bits per heavy atom. The zero-order chi connectivity index (χ0) is 33.4. The number of allylic oxidation sites excluding steroid dienone is 3. The van der Waals surface area contributed by atoms with Crippen molar-refractivity contribution in [1.82, 2.24) is 0 Å². The minimum absolute atomic E-state index is 0.0425. The average Bonchev–Trinajstić information content (AvgIpc) is 3.25. The highest BCUT2D eigenvalue weighted by Gasteiger charge is 2.85. The summed E-state index contributed by atoms with van der Waals surface area (Å²) in [4.78, 5) is 77.5. The van der Waals surface area contributed by atoms with Crippen molar-refractivity contribution < 1.29 is 62.7 Å². The number of hydrogen-bond acceptors (Lipinski definition) is 14. The Labute approximate surface area is 258 Å². The Kier molecular flexibility index (Phi) is 8.00. The van der Waals surface area contributed by atoms with Crippen LogP contribution in [-0.4, -0.2) is 95.6 Å². The number of carbonyl (C=O) groups is 6. The maximum atomic E-state index is 13.7. The number of aliphatic hydroxyl groups is 2. The van der Waals surface area contributed by atoms with Crippen molar-refractivity contribution in [2.24, 2.45) is 40.1 Å². The number of rotatable bonds is 7. The van der Waals surface area contributed by atoms with Crippen LogP contribution in [-0.2, 0) is 52.5 Å². The van der Waals surface area contributed by atoms with Crippen molar-refractivity contribution in [2.45, 2.75) is 83.0 Å². The summed E-state index contributed by atoms with van der Waals surface area (Å²) in [5.41, 5.74) is 6.85. The topological polar surface area (TPSA) is 241 Å². The van der Waals surface area contributed by atoms with Gasteiger partial charge in [-0.3, -0.25) is 9.59 Å². The first-order valence-corrected chi connectivity index (χ1v) is 14.6. The van der Waals surface area contributed by atoms with Crippen molar-refractivity contribution in [3.05, 3.63) is 23.0 Å². The van der Waals surface area contributed by atoms with Crippen LogP contribution >= 0.6 is 0 Å². The van der Waals surface area contributed by atoms with Crippen LogP contribution in [0.5, 0.6) is 0 Å². The molecule has 2 saturated carbocycles. The second-order valence-electron chi connectivity index (χ2n) is 13.2. The lowest BCUT2D eigenvalue weighted by atomic mass is 9.38. The molecule has 6 N–H and O–H groups in total. The molecule has 0 aromatic rings. The van der Waals surface area contributed by atoms with E-state index in [1.54, 1.807) is 27.7 Å². The molecule has 0 radical (unpaired) electrons. The molecule has 2 bridgehead atoms. The molecule has 5 aliphatic rings. The maximum absolute atomic E-state index is 13.7. The molecule has 2 heterocycles. The zero-order valence-electron chi connectivity index (χ0n) is 25.6. The summed E-state index contributed by atoms with van der Waals surface area (Å²) < 4.78 is 28.0. The quantitative estimate of drug-likeness (QED) is 0.145. The fourth-order valence-corrected chi connectivity index (χ4v) is 8.85. The molecular weight excluding hydrogens is 596 g/mol. The number of fused-ring (bicyclic) bond motifs is 2. The van der Waals surface area contributed by atoms with E-state index in [0.29, 0.717) is 11.1 Å². The predicted molar refractivity (Wildman–Crippen MR) is 148 cm³/mol. The van der Waals surface area contributed by atoms with E-state index in [-0.39, 0.29) is 25.2 Å². The van der Waals surface area contributed by atoms with E-state index < -0.39 is 107 Å². The molecule has 1 spiro atoms. The first kappa shape index (κ1) is 32.7. The predicted octanol–water partition coefficient (Wildman–Crippen LogP) is -1.30. The van der Waals surface area contributed by atoms with E-state index in [2.05, 4.69) is 0 Å². The molecule has 15 nitrogen and oxygen atoms in total. The molecule has 11 atom stereocenters. The van der Waals surface area contributed by atoms with Crippen LogP contribution in [0, 0.1) is 28.6 Å². The summed E-state index contributed by atoms with van der Waals surface area (Å²) in [7, 11) is 1.06. The lowest BCUT2D eigenvalue weighted by Gasteiger charge is -2.67. The van der Waals surface area contributed by atoms with Crippen molar-refractivity contribution in [3.8, 4) is 0 Å². The summed E-state index contributed by atoms with van der Waals surface area (Å²) in [5, 5.41) is 23.5. The van der Waals surface area contributed by atoms with Gasteiger partial charge in [0.05, 0.1) is 32.2 Å². The molecule has 246 valence electrons. The summed E-state index contributed by atoms with van der Waals surface area (Å²) >= 11 is 0. The third-order valence-electron chi connectivity index (χ3n) is 10.4. The second kappa shape index (κ2) is 11.0. The molecule has 0 aromatic heterocycles. The van der Waals surface area contributed by atoms with Gasteiger partial charge in [0.1, 0.15) is 18.2 Å². The second-order valence-corrected chi connectivity index (χ2v) is 13.2. The van der Waals surface area contributed by atoms with Gasteiger partial charge in [-0.15, -0.1) is 0 Å². The molecule has 2 saturated heterocycles. The molecule has 5 rings (SSSR count). The standard InChI is InChI=1S/C30H38N2O13/c1-11(2)6-18(35)44-21-23-29-10-42-30(23,27(40)41-5)24(37)19(36)22(29)28(4)9-15(33)20(45-25(38)14(31)8-17(32)34)12(3)13(28)7-16(29)43-26(21)39/h6,13-14,16,19,21-24,36-37H,7-10,31H2,1-5H3,(H2,32,34)/t13-,14-,16+,19+,21+,22?,23+,24-,28-,29+,30-/m0/s1. The number of ether oxygens (including phenoxy) is 5. The number of primary amides is 1. The number of carbonyl (C=O) groups excluding carboxylic acids is 6. The van der Waals surface area contributed by atoms with Gasteiger partial charge < -0.3 is 45.4 Å². The summed E-state index contributed by atoms with van der Waals surface area (Å²) in [6.45, 7) is 6.27. The normalized spacial score (nSPS) is 40.3. The highest BCUT2D eigenvalue weighted by Crippen LogP contribution is 2.72. The van der Waals surface area contributed by atoms with Crippen LogP contribution in [0.1, 0.15) is 47.0 Å². The zero-order valence-corrected chi connectivity index (χ0v) is 25.6. The number of esters is 4. The maximum Gasteiger partial charge on any atom is 0.348 e. The molecule has 4 fully saturated rings. The first-order valence-electron chi connectivity index (χ1n) is 14.6. The van der Waals surface area contributed by atoms with Gasteiger partial charge in [0, 0.05) is 23.8 Å². The smallest absolute Gasteiger partial charge is 0.348 e. The van der Waals surface area contributed by atoms with Crippen LogP contribution in [0.3, 0.4) is 0 Å². The number of nitrogens with two attached hydrogens (primary N) is 2. The van der Waals surface area contributed by atoms with Gasteiger partial charge in [0.15, 0.2) is 11.5 Å². The Morgan fingerprint density at radius 1 is 1.16 bits per heavy atom. The van der Waals surface area contributed by atoms with Crippen molar-refractivity contribution in [2.75, 3.05) is 13.7 Å². The number of amides is 1. The van der Waals surface area contributed by atoms with Crippen LogP contribution in [0.4, 0.5) is 0 Å². The van der Waals surface area contributed by atoms with E-state index >= 15 is 0 Å². The van der Waals surface area contributed by atoms with E-state index in [1.807, 2.05) is 0 Å². The van der Waals surface area contributed by atoms with Crippen LogP contribution in [0.25, 0.3) is 0 Å². The van der Waals surface area contributed by atoms with Crippen molar-refractivity contribution in [1.29, 1.82) is 0 Å². The van der Waals surface area contributed by atoms with E-state index in [0.717, 1.165) is 13.2 Å². The number of aliphatic hydroxyl groups excluding tert-OH is 2.